The van der Waals surface area contributed by atoms with Gasteiger partial charge in [-0.2, -0.15) is 0 Å². The number of aryl methyl sites for hydroxylation is 1. The molecule has 0 radical (unpaired) electrons. The second-order valence-electron chi connectivity index (χ2n) is 4.09. The first-order chi connectivity index (χ1) is 7.74. The van der Waals surface area contributed by atoms with Crippen LogP contribution in [-0.2, 0) is 6.42 Å². The lowest BCUT2D eigenvalue weighted by molar-refractivity contribution is -0.384. The molecule has 0 bridgehead atoms. The molecule has 0 amide bonds. The van der Waals surface area contributed by atoms with Gasteiger partial charge >= 0.3 is 0 Å². The number of non-ortho nitro benzene ring substituents is 1. The number of benzene rings is 1. The normalized spacial score (nSPS) is 10.3. The van der Waals surface area contributed by atoms with Crippen LogP contribution in [-0.4, -0.2) is 4.92 Å². The van der Waals surface area contributed by atoms with Gasteiger partial charge in [-0.3, -0.25) is 10.1 Å². The Hall–Kier alpha value is -1.38. The molecule has 0 aromatic heterocycles. The van der Waals surface area contributed by atoms with Gasteiger partial charge in [0.05, 0.1) is 4.92 Å². The van der Waals surface area contributed by atoms with Crippen molar-refractivity contribution in [2.45, 2.75) is 45.4 Å². The Morgan fingerprint density at radius 3 is 2.62 bits per heavy atom. The lowest BCUT2D eigenvalue weighted by atomic mass is 10.1. The Morgan fingerprint density at radius 1 is 1.19 bits per heavy atom. The fourth-order valence-corrected chi connectivity index (χ4v) is 1.76. The maximum Gasteiger partial charge on any atom is 0.269 e. The Kier molecular flexibility index (Phi) is 5.54. The minimum absolute atomic E-state index is 0.200. The second kappa shape index (κ2) is 6.99. The van der Waals surface area contributed by atoms with Crippen molar-refractivity contribution in [3.8, 4) is 0 Å². The average Bonchev–Trinajstić information content (AvgIpc) is 2.29. The number of rotatable bonds is 7. The van der Waals surface area contributed by atoms with Crippen LogP contribution < -0.4 is 0 Å². The van der Waals surface area contributed by atoms with Gasteiger partial charge in [0.25, 0.3) is 5.69 Å². The van der Waals surface area contributed by atoms with Gasteiger partial charge in [-0.15, -0.1) is 0 Å². The molecule has 0 unspecified atom stereocenters. The topological polar surface area (TPSA) is 43.1 Å². The average molecular weight is 221 g/mol. The Balaban J connectivity index is 2.36. The van der Waals surface area contributed by atoms with Crippen molar-refractivity contribution in [1.29, 1.82) is 0 Å². The van der Waals surface area contributed by atoms with Gasteiger partial charge in [-0.25, -0.2) is 0 Å². The first-order valence-corrected chi connectivity index (χ1v) is 5.97. The minimum Gasteiger partial charge on any atom is -0.258 e. The molecule has 0 saturated heterocycles. The maximum absolute atomic E-state index is 10.6. The van der Waals surface area contributed by atoms with Gasteiger partial charge in [-0.05, 0) is 18.4 Å². The first-order valence-electron chi connectivity index (χ1n) is 5.97. The van der Waals surface area contributed by atoms with E-state index in [2.05, 4.69) is 6.92 Å². The summed E-state index contributed by atoms with van der Waals surface area (Å²) in [5, 5.41) is 10.6. The fraction of sp³-hybridized carbons (Fsp3) is 0.538. The summed E-state index contributed by atoms with van der Waals surface area (Å²) in [5.74, 6) is 0. The quantitative estimate of drug-likeness (QED) is 0.395. The van der Waals surface area contributed by atoms with Gasteiger partial charge in [0.15, 0.2) is 0 Å². The third kappa shape index (κ3) is 4.43. The molecule has 0 N–H and O–H groups in total. The predicted molar refractivity (Wildman–Crippen MR) is 65.6 cm³/mol. The molecule has 0 fully saturated rings. The summed E-state index contributed by atoms with van der Waals surface area (Å²) in [4.78, 5) is 10.2. The molecular weight excluding hydrogens is 202 g/mol. The molecule has 0 saturated carbocycles. The van der Waals surface area contributed by atoms with Crippen LogP contribution >= 0.6 is 0 Å². The third-order valence-electron chi connectivity index (χ3n) is 2.69. The molecule has 0 aliphatic rings. The van der Waals surface area contributed by atoms with Crippen molar-refractivity contribution in [2.75, 3.05) is 0 Å². The van der Waals surface area contributed by atoms with E-state index in [-0.39, 0.29) is 10.6 Å². The number of nitro benzene ring substituents is 1. The van der Waals surface area contributed by atoms with Crippen LogP contribution in [0, 0.1) is 10.1 Å². The van der Waals surface area contributed by atoms with E-state index in [9.17, 15) is 10.1 Å². The largest absolute Gasteiger partial charge is 0.269 e. The summed E-state index contributed by atoms with van der Waals surface area (Å²) in [6.07, 6.45) is 7.10. The molecular formula is C13H19NO2. The summed E-state index contributed by atoms with van der Waals surface area (Å²) in [6.45, 7) is 2.19. The molecule has 3 heteroatoms. The summed E-state index contributed by atoms with van der Waals surface area (Å²) >= 11 is 0. The Bertz CT molecular complexity index is 336. The highest BCUT2D eigenvalue weighted by atomic mass is 16.6. The minimum atomic E-state index is -0.333. The molecule has 0 heterocycles. The second-order valence-corrected chi connectivity index (χ2v) is 4.09. The van der Waals surface area contributed by atoms with Crippen LogP contribution in [0.4, 0.5) is 5.69 Å². The standard InChI is InChI=1S/C13H19NO2/c1-2-3-4-5-6-8-12-9-7-10-13(11-12)14(15)16/h7,9-11H,2-6,8H2,1H3. The highest BCUT2D eigenvalue weighted by molar-refractivity contribution is 5.34. The van der Waals surface area contributed by atoms with Crippen LogP contribution in [0.3, 0.4) is 0 Å². The maximum atomic E-state index is 10.6. The Morgan fingerprint density at radius 2 is 1.94 bits per heavy atom. The summed E-state index contributed by atoms with van der Waals surface area (Å²) in [7, 11) is 0. The van der Waals surface area contributed by atoms with E-state index in [1.54, 1.807) is 18.2 Å². The van der Waals surface area contributed by atoms with E-state index in [1.165, 1.54) is 25.7 Å². The number of unbranched alkanes of at least 4 members (excludes halogenated alkanes) is 4. The van der Waals surface area contributed by atoms with Gasteiger partial charge in [0, 0.05) is 12.1 Å². The number of hydrogen-bond acceptors (Lipinski definition) is 2. The van der Waals surface area contributed by atoms with Gasteiger partial charge in [0.1, 0.15) is 0 Å². The SMILES string of the molecule is CCCCCCCc1cccc([N+](=O)[O-])c1. The highest BCUT2D eigenvalue weighted by Gasteiger charge is 2.04. The molecule has 3 nitrogen and oxygen atoms in total. The van der Waals surface area contributed by atoms with Crippen LogP contribution in [0.2, 0.25) is 0 Å². The number of nitro groups is 1. The van der Waals surface area contributed by atoms with Crippen molar-refractivity contribution in [3.05, 3.63) is 39.9 Å². The molecule has 0 aliphatic heterocycles. The van der Waals surface area contributed by atoms with Crippen LogP contribution in [0.1, 0.15) is 44.6 Å². The van der Waals surface area contributed by atoms with Gasteiger partial charge in [0.2, 0.25) is 0 Å². The van der Waals surface area contributed by atoms with E-state index in [0.29, 0.717) is 0 Å². The third-order valence-corrected chi connectivity index (χ3v) is 2.69. The summed E-state index contributed by atoms with van der Waals surface area (Å²) in [5.41, 5.74) is 1.27. The van der Waals surface area contributed by atoms with Crippen LogP contribution in [0.25, 0.3) is 0 Å². The predicted octanol–water partition coefficient (Wildman–Crippen LogP) is 4.11. The molecule has 16 heavy (non-hydrogen) atoms. The van der Waals surface area contributed by atoms with E-state index >= 15 is 0 Å². The van der Waals surface area contributed by atoms with Crippen molar-refractivity contribution in [1.82, 2.24) is 0 Å². The molecule has 0 atom stereocenters. The first kappa shape index (κ1) is 12.7. The molecule has 1 rings (SSSR count). The number of nitrogens with zero attached hydrogens (tertiary/aromatic N) is 1. The Labute approximate surface area is 96.6 Å². The summed E-state index contributed by atoms with van der Waals surface area (Å²) in [6, 6.07) is 6.95. The molecule has 1 aromatic rings. The number of hydrogen-bond donors (Lipinski definition) is 0. The van der Waals surface area contributed by atoms with Crippen LogP contribution in [0.15, 0.2) is 24.3 Å². The van der Waals surface area contributed by atoms with E-state index in [4.69, 9.17) is 0 Å². The van der Waals surface area contributed by atoms with Crippen LogP contribution in [0.5, 0.6) is 0 Å². The lowest BCUT2D eigenvalue weighted by Gasteiger charge is -2.01. The lowest BCUT2D eigenvalue weighted by Crippen LogP contribution is -1.91. The van der Waals surface area contributed by atoms with Crippen molar-refractivity contribution in [3.63, 3.8) is 0 Å². The van der Waals surface area contributed by atoms with E-state index in [1.807, 2.05) is 6.07 Å². The van der Waals surface area contributed by atoms with Crippen molar-refractivity contribution >= 4 is 5.69 Å². The van der Waals surface area contributed by atoms with Gasteiger partial charge in [-0.1, -0.05) is 44.7 Å². The molecule has 0 spiro atoms. The van der Waals surface area contributed by atoms with Crippen molar-refractivity contribution in [2.24, 2.45) is 0 Å². The fourth-order valence-electron chi connectivity index (χ4n) is 1.76. The van der Waals surface area contributed by atoms with E-state index in [0.717, 1.165) is 18.4 Å². The smallest absolute Gasteiger partial charge is 0.258 e. The van der Waals surface area contributed by atoms with Gasteiger partial charge < -0.3 is 0 Å². The zero-order valence-electron chi connectivity index (χ0n) is 9.82. The summed E-state index contributed by atoms with van der Waals surface area (Å²) < 4.78 is 0. The monoisotopic (exact) mass is 221 g/mol. The zero-order chi connectivity index (χ0) is 11.8. The zero-order valence-corrected chi connectivity index (χ0v) is 9.82. The van der Waals surface area contributed by atoms with Crippen molar-refractivity contribution < 1.29 is 4.92 Å². The van der Waals surface area contributed by atoms with E-state index < -0.39 is 0 Å². The molecule has 0 aliphatic carbocycles. The molecule has 88 valence electrons. The molecule has 1 aromatic carbocycles. The highest BCUT2D eigenvalue weighted by Crippen LogP contribution is 2.15.